The van der Waals surface area contributed by atoms with Crippen LogP contribution in [0.15, 0.2) is 48.5 Å². The van der Waals surface area contributed by atoms with Crippen molar-refractivity contribution in [1.29, 1.82) is 0 Å². The van der Waals surface area contributed by atoms with E-state index < -0.39 is 187 Å². The van der Waals surface area contributed by atoms with Gasteiger partial charge in [0.05, 0.1) is 13.2 Å². The van der Waals surface area contributed by atoms with Gasteiger partial charge in [-0.1, -0.05) is 0 Å². The lowest BCUT2D eigenvalue weighted by Gasteiger charge is -2.33. The Bertz CT molecular complexity index is 2370. The Hall–Kier alpha value is -7.90. The number of carbonyl (C=O) groups excluding carboxylic acids is 6. The van der Waals surface area contributed by atoms with Crippen molar-refractivity contribution in [3.8, 4) is 69.0 Å². The highest BCUT2D eigenvalue weighted by atomic mass is 16.4. The first-order chi connectivity index (χ1) is 31.4. The van der Waals surface area contributed by atoms with Crippen molar-refractivity contribution in [2.24, 2.45) is 0 Å². The summed E-state index contributed by atoms with van der Waals surface area (Å²) in [5, 5.41) is 214. The predicted octanol–water partition coefficient (Wildman–Crippen LogP) is -5.28. The highest BCUT2D eigenvalue weighted by Crippen LogP contribution is 2.41. The molecule has 8 atom stereocenters. The molecule has 4 aromatic carbocycles. The van der Waals surface area contributed by atoms with Crippen molar-refractivity contribution in [2.45, 2.75) is 47.8 Å². The van der Waals surface area contributed by atoms with E-state index in [0.29, 0.717) is 48.5 Å². The Morgan fingerprint density at radius 3 is 0.750 bits per heavy atom. The third-order valence-electron chi connectivity index (χ3n) is 9.79. The summed E-state index contributed by atoms with van der Waals surface area (Å²) in [6, 6.07) is 3.57. The van der Waals surface area contributed by atoms with Gasteiger partial charge in [-0.25, -0.2) is 0 Å². The van der Waals surface area contributed by atoms with Crippen LogP contribution in [0, 0.1) is 0 Å². The van der Waals surface area contributed by atoms with Crippen LogP contribution in [0.1, 0.15) is 41.4 Å². The average molecular weight is 969 g/mol. The zero-order valence-corrected chi connectivity index (χ0v) is 33.8. The highest BCUT2D eigenvalue weighted by Gasteiger charge is 2.58. The lowest BCUT2D eigenvalue weighted by Crippen LogP contribution is -2.63. The van der Waals surface area contributed by atoms with Crippen LogP contribution in [-0.4, -0.2) is 208 Å². The summed E-state index contributed by atoms with van der Waals surface area (Å²) in [7, 11) is 0. The highest BCUT2D eigenvalue weighted by molar-refractivity contribution is 6.51. The van der Waals surface area contributed by atoms with Gasteiger partial charge in [0.15, 0.2) is 69.0 Å². The summed E-state index contributed by atoms with van der Waals surface area (Å²) in [6.07, 6.45) is -15.7. The number of benzene rings is 4. The topological polar surface area (TPSA) is 547 Å². The fraction of sp³-hybridized carbons (Fsp3) is 0.250. The Morgan fingerprint density at radius 1 is 0.368 bits per heavy atom. The number of aliphatic hydroxyl groups is 10. The van der Waals surface area contributed by atoms with Gasteiger partial charge in [0.1, 0.15) is 36.6 Å². The Kier molecular flexibility index (Phi) is 16.6. The van der Waals surface area contributed by atoms with E-state index in [-0.39, 0.29) is 0 Å². The van der Waals surface area contributed by atoms with Crippen LogP contribution in [0.4, 0.5) is 0 Å². The van der Waals surface area contributed by atoms with E-state index in [1.807, 2.05) is 0 Å². The predicted molar refractivity (Wildman–Crippen MR) is 213 cm³/mol. The van der Waals surface area contributed by atoms with Gasteiger partial charge in [-0.2, -0.15) is 0 Å². The zero-order chi connectivity index (χ0) is 52.2. The summed E-state index contributed by atoms with van der Waals surface area (Å²) in [5.74, 6) is -25.1. The van der Waals surface area contributed by atoms with Crippen molar-refractivity contribution >= 4 is 34.7 Å². The standard InChI is InChI=1S/2C20H20O14/c2*21-5-12(26)16(30)19(33)20(34,17(31)7-3-10(24)15(29)11(25)4-7)18(32)13(27)6-1-8(22)14(28)9(23)2-6/h2*1-4,12,16,19,21-26,28-30,33-34H,5H2/t2*12-,16-,19+,20+/m11/s1. The van der Waals surface area contributed by atoms with Crippen molar-refractivity contribution in [1.82, 2.24) is 0 Å². The van der Waals surface area contributed by atoms with Crippen LogP contribution in [0.3, 0.4) is 0 Å². The van der Waals surface area contributed by atoms with Gasteiger partial charge in [-0.3, -0.25) is 28.8 Å². The van der Waals surface area contributed by atoms with E-state index in [1.165, 1.54) is 0 Å². The number of phenolic OH excluding ortho intramolecular Hbond substituents is 12. The van der Waals surface area contributed by atoms with Crippen molar-refractivity contribution in [2.75, 3.05) is 13.2 Å². The Labute approximate surface area is 376 Å². The molecule has 0 fully saturated rings. The van der Waals surface area contributed by atoms with Crippen LogP contribution < -0.4 is 0 Å². The van der Waals surface area contributed by atoms with Crippen LogP contribution in [0.25, 0.3) is 0 Å². The number of hydrogen-bond donors (Lipinski definition) is 22. The molecule has 0 saturated carbocycles. The second kappa shape index (κ2) is 20.7. The fourth-order valence-electron chi connectivity index (χ4n) is 5.86. The van der Waals surface area contributed by atoms with Crippen LogP contribution in [0.5, 0.6) is 69.0 Å². The molecule has 368 valence electrons. The summed E-state index contributed by atoms with van der Waals surface area (Å²) >= 11 is 0. The van der Waals surface area contributed by atoms with Gasteiger partial charge in [-0.15, -0.1) is 0 Å². The lowest BCUT2D eigenvalue weighted by atomic mass is 9.78. The number of hydrogen-bond acceptors (Lipinski definition) is 28. The summed E-state index contributed by atoms with van der Waals surface area (Å²) in [4.78, 5) is 77.3. The number of aliphatic hydroxyl groups excluding tert-OH is 8. The maximum absolute atomic E-state index is 13.0. The molecule has 28 heteroatoms. The van der Waals surface area contributed by atoms with Crippen LogP contribution in [-0.2, 0) is 9.59 Å². The van der Waals surface area contributed by atoms with Crippen LogP contribution >= 0.6 is 0 Å². The molecule has 0 radical (unpaired) electrons. The molecule has 22 N–H and O–H groups in total. The lowest BCUT2D eigenvalue weighted by molar-refractivity contribution is -0.159. The molecule has 0 heterocycles. The normalized spacial score (nSPS) is 15.7. The minimum absolute atomic E-state index is 0.430. The second-order valence-corrected chi connectivity index (χ2v) is 14.3. The molecule has 0 amide bonds. The van der Waals surface area contributed by atoms with Crippen molar-refractivity contribution < 1.29 is 141 Å². The molecule has 0 aliphatic heterocycles. The number of aromatic hydroxyl groups is 12. The summed E-state index contributed by atoms with van der Waals surface area (Å²) < 4.78 is 0. The molecule has 0 saturated heterocycles. The SMILES string of the molecule is O=C(C(=O)[C@@](O)(C(=O)c1cc(O)c(O)c(O)c1)[C@@H](O)[C@H](O)[C@H](O)CO)c1cc(O)c(O)c(O)c1.O=C(C(=O)[C@@](O)(C(=O)c1cc(O)c(O)c(O)c1)[C@@H](O)[C@H](O)[C@H](O)CO)c1cc(O)c(O)c(O)c1. The average Bonchev–Trinajstić information content (AvgIpc) is 3.31. The first-order valence-electron chi connectivity index (χ1n) is 18.4. The molecular weight excluding hydrogens is 928 g/mol. The molecule has 4 rings (SSSR count). The van der Waals surface area contributed by atoms with Gasteiger partial charge >= 0.3 is 0 Å². The maximum atomic E-state index is 13.0. The number of Topliss-reactive ketones (excluding diaryl/α,β-unsaturated/α-hetero) is 6. The minimum Gasteiger partial charge on any atom is -0.504 e. The number of carbonyl (C=O) groups is 6. The molecule has 0 spiro atoms. The van der Waals surface area contributed by atoms with Crippen molar-refractivity contribution in [3.05, 3.63) is 70.8 Å². The fourth-order valence-corrected chi connectivity index (χ4v) is 5.86. The van der Waals surface area contributed by atoms with Gasteiger partial charge in [-0.05, 0) is 48.5 Å². The summed E-state index contributed by atoms with van der Waals surface area (Å²) in [5.41, 5.74) is -11.6. The molecule has 0 bridgehead atoms. The van der Waals surface area contributed by atoms with Crippen LogP contribution in [0.2, 0.25) is 0 Å². The van der Waals surface area contributed by atoms with Crippen molar-refractivity contribution in [3.63, 3.8) is 0 Å². The number of rotatable bonds is 18. The molecule has 0 aromatic heterocycles. The third-order valence-corrected chi connectivity index (χ3v) is 9.79. The van der Waals surface area contributed by atoms with E-state index in [1.54, 1.807) is 0 Å². The quantitative estimate of drug-likeness (QED) is 0.0192. The summed E-state index contributed by atoms with van der Waals surface area (Å²) in [6.45, 7) is -2.46. The molecule has 68 heavy (non-hydrogen) atoms. The maximum Gasteiger partial charge on any atom is 0.245 e. The largest absolute Gasteiger partial charge is 0.504 e. The Morgan fingerprint density at radius 2 is 0.559 bits per heavy atom. The van der Waals surface area contributed by atoms with Gasteiger partial charge < -0.3 is 112 Å². The van der Waals surface area contributed by atoms with E-state index in [0.717, 1.165) is 0 Å². The van der Waals surface area contributed by atoms with Gasteiger partial charge in [0.25, 0.3) is 0 Å². The second-order valence-electron chi connectivity index (χ2n) is 14.3. The molecule has 0 aliphatic rings. The van der Waals surface area contributed by atoms with Gasteiger partial charge in [0.2, 0.25) is 45.9 Å². The van der Waals surface area contributed by atoms with Gasteiger partial charge in [0, 0.05) is 22.3 Å². The van der Waals surface area contributed by atoms with E-state index in [2.05, 4.69) is 0 Å². The third kappa shape index (κ3) is 10.2. The van der Waals surface area contributed by atoms with E-state index >= 15 is 0 Å². The zero-order valence-electron chi connectivity index (χ0n) is 33.8. The van der Waals surface area contributed by atoms with E-state index in [4.69, 9.17) is 10.2 Å². The molecule has 0 unspecified atom stereocenters. The molecule has 0 aliphatic carbocycles. The van der Waals surface area contributed by atoms with E-state index in [9.17, 15) is 131 Å². The number of phenols is 12. The molecular formula is C40H40O28. The minimum atomic E-state index is -3.95. The molecule has 4 aromatic rings. The number of ketones is 6. The monoisotopic (exact) mass is 968 g/mol. The Balaban J connectivity index is 0.000000360. The smallest absolute Gasteiger partial charge is 0.245 e. The first kappa shape index (κ1) is 54.4. The first-order valence-corrected chi connectivity index (χ1v) is 18.4. The molecule has 28 nitrogen and oxygen atoms in total.